The molecule has 0 saturated heterocycles. The van der Waals surface area contributed by atoms with Crippen LogP contribution in [0.4, 0.5) is 5.69 Å². The fourth-order valence-corrected chi connectivity index (χ4v) is 3.46. The first-order valence-corrected chi connectivity index (χ1v) is 10.1. The molecule has 168 valence electrons. The van der Waals surface area contributed by atoms with E-state index in [-0.39, 0.29) is 30.4 Å². The fraction of sp³-hybridized carbons (Fsp3) is 0.318. The number of amides is 3. The van der Waals surface area contributed by atoms with Gasteiger partial charge in [0.25, 0.3) is 5.91 Å². The van der Waals surface area contributed by atoms with E-state index in [0.717, 1.165) is 22.5 Å². The van der Waals surface area contributed by atoms with Crippen LogP contribution in [0.25, 0.3) is 5.65 Å². The van der Waals surface area contributed by atoms with E-state index >= 15 is 0 Å². The van der Waals surface area contributed by atoms with E-state index in [2.05, 4.69) is 20.7 Å². The summed E-state index contributed by atoms with van der Waals surface area (Å²) in [7, 11) is 1.45. The van der Waals surface area contributed by atoms with Crippen LogP contribution in [0.2, 0.25) is 0 Å². The molecule has 0 radical (unpaired) electrons. The second kappa shape index (κ2) is 10.0. The SMILES string of the molecule is COCC(=O)Nc1cccc(CNC(=O)CCc2c(C)nc3c(C(N)=O)cnn3c2C)c1. The summed E-state index contributed by atoms with van der Waals surface area (Å²) in [6.45, 7) is 4.02. The first kappa shape index (κ1) is 22.9. The third-order valence-electron chi connectivity index (χ3n) is 5.05. The van der Waals surface area contributed by atoms with Crippen LogP contribution in [0.5, 0.6) is 0 Å². The molecule has 3 amide bonds. The van der Waals surface area contributed by atoms with Gasteiger partial charge in [-0.15, -0.1) is 0 Å². The molecule has 0 spiro atoms. The van der Waals surface area contributed by atoms with Gasteiger partial charge in [-0.25, -0.2) is 9.50 Å². The summed E-state index contributed by atoms with van der Waals surface area (Å²) in [6, 6.07) is 7.24. The molecule has 10 nitrogen and oxygen atoms in total. The third kappa shape index (κ3) is 5.27. The van der Waals surface area contributed by atoms with Crippen LogP contribution in [0.15, 0.2) is 30.5 Å². The molecule has 0 saturated carbocycles. The van der Waals surface area contributed by atoms with Gasteiger partial charge in [0.2, 0.25) is 11.8 Å². The number of ether oxygens (including phenoxy) is 1. The van der Waals surface area contributed by atoms with Gasteiger partial charge in [0.05, 0.1) is 6.20 Å². The Morgan fingerprint density at radius 1 is 1.19 bits per heavy atom. The monoisotopic (exact) mass is 438 g/mol. The molecule has 0 aliphatic rings. The number of fused-ring (bicyclic) bond motifs is 1. The number of aromatic nitrogens is 3. The number of carbonyl (C=O) groups excluding carboxylic acids is 3. The van der Waals surface area contributed by atoms with Crippen molar-refractivity contribution in [2.24, 2.45) is 5.73 Å². The number of aryl methyl sites for hydroxylation is 2. The lowest BCUT2D eigenvalue weighted by atomic mass is 10.1. The van der Waals surface area contributed by atoms with Crippen molar-refractivity contribution in [1.82, 2.24) is 19.9 Å². The second-order valence-electron chi connectivity index (χ2n) is 7.38. The van der Waals surface area contributed by atoms with Gasteiger partial charge in [0, 0.05) is 37.2 Å². The van der Waals surface area contributed by atoms with E-state index in [1.807, 2.05) is 26.0 Å². The normalized spacial score (nSPS) is 10.8. The van der Waals surface area contributed by atoms with Crippen molar-refractivity contribution >= 4 is 29.1 Å². The van der Waals surface area contributed by atoms with Crippen molar-refractivity contribution in [2.45, 2.75) is 33.2 Å². The molecular weight excluding hydrogens is 412 g/mol. The molecule has 1 aromatic carbocycles. The maximum Gasteiger partial charge on any atom is 0.254 e. The van der Waals surface area contributed by atoms with Gasteiger partial charge < -0.3 is 21.1 Å². The predicted octanol–water partition coefficient (Wildman–Crippen LogP) is 1.28. The summed E-state index contributed by atoms with van der Waals surface area (Å²) < 4.78 is 6.37. The van der Waals surface area contributed by atoms with Crippen LogP contribution in [-0.2, 0) is 27.3 Å². The Hall–Kier alpha value is -3.79. The van der Waals surface area contributed by atoms with Crippen LogP contribution < -0.4 is 16.4 Å². The van der Waals surface area contributed by atoms with E-state index in [1.54, 1.807) is 16.6 Å². The minimum atomic E-state index is -0.583. The molecular formula is C22H26N6O4. The molecule has 0 fully saturated rings. The molecule has 0 atom stereocenters. The number of methoxy groups -OCH3 is 1. The van der Waals surface area contributed by atoms with Crippen LogP contribution in [0, 0.1) is 13.8 Å². The lowest BCUT2D eigenvalue weighted by molar-refractivity contribution is -0.121. The summed E-state index contributed by atoms with van der Waals surface area (Å²) in [6.07, 6.45) is 2.15. The highest BCUT2D eigenvalue weighted by atomic mass is 16.5. The molecule has 0 aliphatic heterocycles. The molecule has 3 rings (SSSR count). The number of rotatable bonds is 9. The van der Waals surface area contributed by atoms with E-state index in [0.29, 0.717) is 24.3 Å². The molecule has 2 heterocycles. The third-order valence-corrected chi connectivity index (χ3v) is 5.05. The summed E-state index contributed by atoms with van der Waals surface area (Å²) in [5.74, 6) is -0.943. The molecule has 0 aliphatic carbocycles. The van der Waals surface area contributed by atoms with Crippen molar-refractivity contribution in [3.8, 4) is 0 Å². The van der Waals surface area contributed by atoms with Gasteiger partial charge in [-0.2, -0.15) is 5.10 Å². The Morgan fingerprint density at radius 2 is 1.97 bits per heavy atom. The highest BCUT2D eigenvalue weighted by molar-refractivity contribution is 5.98. The number of carbonyl (C=O) groups is 3. The Morgan fingerprint density at radius 3 is 2.69 bits per heavy atom. The smallest absolute Gasteiger partial charge is 0.254 e. The molecule has 4 N–H and O–H groups in total. The van der Waals surface area contributed by atoms with Crippen LogP contribution >= 0.6 is 0 Å². The standard InChI is InChI=1S/C22H26N6O4/c1-13-17(14(2)28-22(26-13)18(11-25-28)21(23)31)7-8-19(29)24-10-15-5-4-6-16(9-15)27-20(30)12-32-3/h4-6,9,11H,7-8,10,12H2,1-3H3,(H2,23,31)(H,24,29)(H,27,30). The van der Waals surface area contributed by atoms with Gasteiger partial charge in [-0.3, -0.25) is 14.4 Å². The van der Waals surface area contributed by atoms with Crippen molar-refractivity contribution in [3.63, 3.8) is 0 Å². The van der Waals surface area contributed by atoms with Crippen LogP contribution in [-0.4, -0.2) is 46.0 Å². The number of hydrogen-bond donors (Lipinski definition) is 3. The number of nitrogens with one attached hydrogen (secondary N) is 2. The van der Waals surface area contributed by atoms with Crippen molar-refractivity contribution in [2.75, 3.05) is 19.0 Å². The summed E-state index contributed by atoms with van der Waals surface area (Å²) in [5.41, 5.74) is 9.99. The highest BCUT2D eigenvalue weighted by Gasteiger charge is 2.17. The number of primary amides is 1. The fourth-order valence-electron chi connectivity index (χ4n) is 3.46. The predicted molar refractivity (Wildman–Crippen MR) is 118 cm³/mol. The van der Waals surface area contributed by atoms with E-state index in [9.17, 15) is 14.4 Å². The average molecular weight is 438 g/mol. The lowest BCUT2D eigenvalue weighted by Crippen LogP contribution is -2.23. The number of benzene rings is 1. The van der Waals surface area contributed by atoms with Crippen molar-refractivity contribution in [3.05, 3.63) is 58.5 Å². The number of nitrogens with two attached hydrogens (primary N) is 1. The van der Waals surface area contributed by atoms with Gasteiger partial charge in [-0.05, 0) is 43.5 Å². The zero-order valence-corrected chi connectivity index (χ0v) is 18.3. The minimum absolute atomic E-state index is 0.0250. The molecule has 32 heavy (non-hydrogen) atoms. The Bertz CT molecular complexity index is 1170. The van der Waals surface area contributed by atoms with E-state index in [1.165, 1.54) is 13.3 Å². The number of hydrogen-bond acceptors (Lipinski definition) is 6. The van der Waals surface area contributed by atoms with E-state index in [4.69, 9.17) is 10.5 Å². The van der Waals surface area contributed by atoms with E-state index < -0.39 is 5.91 Å². The van der Waals surface area contributed by atoms with Crippen molar-refractivity contribution < 1.29 is 19.1 Å². The van der Waals surface area contributed by atoms with Crippen molar-refractivity contribution in [1.29, 1.82) is 0 Å². The van der Waals surface area contributed by atoms with Crippen LogP contribution in [0.1, 0.15) is 39.3 Å². The highest BCUT2D eigenvalue weighted by Crippen LogP contribution is 2.18. The maximum absolute atomic E-state index is 12.4. The summed E-state index contributed by atoms with van der Waals surface area (Å²) in [5, 5.41) is 9.82. The Kier molecular flexibility index (Phi) is 7.16. The Balaban J connectivity index is 1.60. The maximum atomic E-state index is 12.4. The quantitative estimate of drug-likeness (QED) is 0.460. The molecule has 3 aromatic rings. The summed E-state index contributed by atoms with van der Waals surface area (Å²) in [4.78, 5) is 40.1. The number of nitrogens with zero attached hydrogens (tertiary/aromatic N) is 3. The second-order valence-corrected chi connectivity index (χ2v) is 7.38. The van der Waals surface area contributed by atoms with Gasteiger partial charge in [-0.1, -0.05) is 12.1 Å². The molecule has 0 bridgehead atoms. The topological polar surface area (TPSA) is 141 Å². The van der Waals surface area contributed by atoms with Gasteiger partial charge in [0.1, 0.15) is 12.2 Å². The zero-order valence-electron chi connectivity index (χ0n) is 18.3. The lowest BCUT2D eigenvalue weighted by Gasteiger charge is -2.12. The molecule has 2 aromatic heterocycles. The summed E-state index contributed by atoms with van der Waals surface area (Å²) >= 11 is 0. The van der Waals surface area contributed by atoms with Gasteiger partial charge >= 0.3 is 0 Å². The first-order chi connectivity index (χ1) is 15.3. The average Bonchev–Trinajstić information content (AvgIpc) is 3.16. The van der Waals surface area contributed by atoms with Gasteiger partial charge in [0.15, 0.2) is 5.65 Å². The number of anilines is 1. The molecule has 0 unspecified atom stereocenters. The first-order valence-electron chi connectivity index (χ1n) is 10.1. The zero-order chi connectivity index (χ0) is 23.3. The Labute approximate surface area is 185 Å². The van der Waals surface area contributed by atoms with Crippen LogP contribution in [0.3, 0.4) is 0 Å². The largest absolute Gasteiger partial charge is 0.375 e. The minimum Gasteiger partial charge on any atom is -0.375 e. The molecule has 10 heteroatoms.